The second-order valence-corrected chi connectivity index (χ2v) is 9.01. The number of ketones is 1. The summed E-state index contributed by atoms with van der Waals surface area (Å²) in [6, 6.07) is 15.7. The number of Topliss-reactive ketones (excluding diaryl/α,β-unsaturated/α-hetero) is 1. The minimum Gasteiger partial charge on any atom is -0.434 e. The van der Waals surface area contributed by atoms with Crippen LogP contribution in [0.1, 0.15) is 36.7 Å². The van der Waals surface area contributed by atoms with Gasteiger partial charge < -0.3 is 20.5 Å². The van der Waals surface area contributed by atoms with E-state index in [9.17, 15) is 19.5 Å². The highest BCUT2D eigenvalue weighted by Gasteiger charge is 2.38. The highest BCUT2D eigenvalue weighted by atomic mass is 16.6. The van der Waals surface area contributed by atoms with Crippen molar-refractivity contribution in [3.8, 4) is 0 Å². The third kappa shape index (κ3) is 6.88. The first-order valence-corrected chi connectivity index (χ1v) is 11.6. The van der Waals surface area contributed by atoms with Gasteiger partial charge in [0.2, 0.25) is 0 Å². The number of anilines is 1. The number of aliphatic hydroxyl groups is 1. The minimum absolute atomic E-state index is 0.0196. The average molecular weight is 468 g/mol. The van der Waals surface area contributed by atoms with Crippen LogP contribution in [0.4, 0.5) is 10.5 Å². The van der Waals surface area contributed by atoms with Crippen molar-refractivity contribution in [2.75, 3.05) is 24.5 Å². The standard InChI is InChI=1S/C26H33N3O5/c1-17(2)14-27-15-23(31)22(12-19-8-5-4-6-9-19)28-25(32)24-16-29(26(33)34-24)21-11-7-10-20(13-21)18(3)30/h4-11,13,17,22-24,27,31H,12,14-16H2,1-3H3,(H,28,32)/t22-,23+,24-/m0/s1. The van der Waals surface area contributed by atoms with Crippen LogP contribution in [0.25, 0.3) is 0 Å². The van der Waals surface area contributed by atoms with Gasteiger partial charge in [0.25, 0.3) is 5.91 Å². The van der Waals surface area contributed by atoms with E-state index < -0.39 is 30.3 Å². The molecule has 0 aromatic heterocycles. The highest BCUT2D eigenvalue weighted by molar-refractivity contribution is 5.98. The Bertz CT molecular complexity index is 995. The number of carbonyl (C=O) groups is 3. The fourth-order valence-electron chi connectivity index (χ4n) is 3.79. The first kappa shape index (κ1) is 25.4. The van der Waals surface area contributed by atoms with E-state index in [0.717, 1.165) is 12.1 Å². The monoisotopic (exact) mass is 467 g/mol. The zero-order chi connectivity index (χ0) is 24.7. The molecule has 1 aliphatic rings. The summed E-state index contributed by atoms with van der Waals surface area (Å²) in [4.78, 5) is 38.5. The van der Waals surface area contributed by atoms with Crippen molar-refractivity contribution in [2.24, 2.45) is 5.92 Å². The maximum absolute atomic E-state index is 13.0. The van der Waals surface area contributed by atoms with E-state index in [1.54, 1.807) is 24.3 Å². The van der Waals surface area contributed by atoms with Gasteiger partial charge in [0, 0.05) is 17.8 Å². The van der Waals surface area contributed by atoms with E-state index in [2.05, 4.69) is 24.5 Å². The van der Waals surface area contributed by atoms with Gasteiger partial charge in [-0.15, -0.1) is 0 Å². The molecule has 2 aromatic rings. The van der Waals surface area contributed by atoms with E-state index >= 15 is 0 Å². The lowest BCUT2D eigenvalue weighted by Crippen LogP contribution is -2.52. The Morgan fingerprint density at radius 1 is 1.12 bits per heavy atom. The summed E-state index contributed by atoms with van der Waals surface area (Å²) < 4.78 is 5.33. The van der Waals surface area contributed by atoms with E-state index in [1.165, 1.54) is 11.8 Å². The van der Waals surface area contributed by atoms with Gasteiger partial charge in [-0.2, -0.15) is 0 Å². The number of nitrogens with zero attached hydrogens (tertiary/aromatic N) is 1. The van der Waals surface area contributed by atoms with Crippen LogP contribution >= 0.6 is 0 Å². The number of carbonyl (C=O) groups excluding carboxylic acids is 3. The number of nitrogens with one attached hydrogen (secondary N) is 2. The quantitative estimate of drug-likeness (QED) is 0.439. The van der Waals surface area contributed by atoms with Crippen LogP contribution in [-0.2, 0) is 16.0 Å². The predicted molar refractivity (Wildman–Crippen MR) is 130 cm³/mol. The molecule has 0 unspecified atom stereocenters. The number of ether oxygens (including phenoxy) is 1. The van der Waals surface area contributed by atoms with Gasteiger partial charge in [0.05, 0.1) is 18.7 Å². The molecule has 1 aliphatic heterocycles. The van der Waals surface area contributed by atoms with Crippen LogP contribution in [0.5, 0.6) is 0 Å². The van der Waals surface area contributed by atoms with Crippen molar-refractivity contribution in [1.82, 2.24) is 10.6 Å². The van der Waals surface area contributed by atoms with Crippen LogP contribution < -0.4 is 15.5 Å². The topological polar surface area (TPSA) is 108 Å². The van der Waals surface area contributed by atoms with Gasteiger partial charge in [-0.1, -0.05) is 56.3 Å². The number of hydrogen-bond acceptors (Lipinski definition) is 6. The summed E-state index contributed by atoms with van der Waals surface area (Å²) in [5, 5.41) is 16.9. The Kier molecular flexibility index (Phi) is 8.79. The summed E-state index contributed by atoms with van der Waals surface area (Å²) in [5.74, 6) is -0.158. The Labute approximate surface area is 200 Å². The lowest BCUT2D eigenvalue weighted by atomic mass is 10.0. The van der Waals surface area contributed by atoms with Gasteiger partial charge >= 0.3 is 6.09 Å². The van der Waals surface area contributed by atoms with Crippen molar-refractivity contribution in [2.45, 2.75) is 45.4 Å². The normalized spacial score (nSPS) is 17.4. The van der Waals surface area contributed by atoms with Crippen LogP contribution in [0.2, 0.25) is 0 Å². The molecule has 0 bridgehead atoms. The molecule has 0 aliphatic carbocycles. The molecule has 182 valence electrons. The molecule has 3 rings (SSSR count). The molecule has 0 spiro atoms. The summed E-state index contributed by atoms with van der Waals surface area (Å²) in [7, 11) is 0. The van der Waals surface area contributed by atoms with Crippen molar-refractivity contribution in [3.63, 3.8) is 0 Å². The molecule has 0 radical (unpaired) electrons. The van der Waals surface area contributed by atoms with Crippen LogP contribution in [0.15, 0.2) is 54.6 Å². The van der Waals surface area contributed by atoms with Crippen molar-refractivity contribution >= 4 is 23.5 Å². The first-order chi connectivity index (χ1) is 16.2. The van der Waals surface area contributed by atoms with E-state index in [4.69, 9.17) is 4.74 Å². The average Bonchev–Trinajstić information content (AvgIpc) is 3.21. The van der Waals surface area contributed by atoms with Gasteiger partial charge in [0.15, 0.2) is 11.9 Å². The van der Waals surface area contributed by atoms with E-state index in [-0.39, 0.29) is 12.3 Å². The van der Waals surface area contributed by atoms with Gasteiger partial charge in [-0.05, 0) is 43.5 Å². The second-order valence-electron chi connectivity index (χ2n) is 9.01. The largest absolute Gasteiger partial charge is 0.434 e. The number of amides is 2. The fourth-order valence-corrected chi connectivity index (χ4v) is 3.79. The highest BCUT2D eigenvalue weighted by Crippen LogP contribution is 2.23. The number of aliphatic hydroxyl groups excluding tert-OH is 1. The molecule has 8 nitrogen and oxygen atoms in total. The molecule has 1 heterocycles. The maximum atomic E-state index is 13.0. The molecule has 8 heteroatoms. The fraction of sp³-hybridized carbons (Fsp3) is 0.423. The molecule has 3 atom stereocenters. The smallest absolute Gasteiger partial charge is 0.415 e. The third-order valence-electron chi connectivity index (χ3n) is 5.67. The second kappa shape index (κ2) is 11.8. The molecular weight excluding hydrogens is 434 g/mol. The van der Waals surface area contributed by atoms with Crippen LogP contribution in [0.3, 0.4) is 0 Å². The SMILES string of the molecule is CC(=O)c1cccc(N2C[C@@H](C(=O)N[C@@H](Cc3ccccc3)[C@H](O)CNCC(C)C)OC2=O)c1. The van der Waals surface area contributed by atoms with Gasteiger partial charge in [-0.3, -0.25) is 14.5 Å². The maximum Gasteiger partial charge on any atom is 0.415 e. The number of benzene rings is 2. The third-order valence-corrected chi connectivity index (χ3v) is 5.67. The molecule has 1 fully saturated rings. The lowest BCUT2D eigenvalue weighted by molar-refractivity contribution is -0.129. The van der Waals surface area contributed by atoms with Crippen molar-refractivity contribution < 1.29 is 24.2 Å². The summed E-state index contributed by atoms with van der Waals surface area (Å²) >= 11 is 0. The first-order valence-electron chi connectivity index (χ1n) is 11.6. The number of rotatable bonds is 11. The Hall–Kier alpha value is -3.23. The van der Waals surface area contributed by atoms with Crippen molar-refractivity contribution in [3.05, 3.63) is 65.7 Å². The molecular formula is C26H33N3O5. The lowest BCUT2D eigenvalue weighted by Gasteiger charge is -2.26. The number of cyclic esters (lactones) is 1. The molecule has 2 aromatic carbocycles. The Morgan fingerprint density at radius 2 is 1.85 bits per heavy atom. The molecule has 1 saturated heterocycles. The van der Waals surface area contributed by atoms with E-state index in [0.29, 0.717) is 30.1 Å². The number of hydrogen-bond donors (Lipinski definition) is 3. The van der Waals surface area contributed by atoms with Crippen molar-refractivity contribution in [1.29, 1.82) is 0 Å². The zero-order valence-electron chi connectivity index (χ0n) is 19.9. The van der Waals surface area contributed by atoms with Gasteiger partial charge in [0.1, 0.15) is 0 Å². The molecule has 3 N–H and O–H groups in total. The van der Waals surface area contributed by atoms with E-state index in [1.807, 2.05) is 30.3 Å². The minimum atomic E-state index is -1.03. The Balaban J connectivity index is 1.68. The summed E-state index contributed by atoms with van der Waals surface area (Å²) in [6.07, 6.45) is -2.08. The summed E-state index contributed by atoms with van der Waals surface area (Å²) in [6.45, 7) is 6.70. The van der Waals surface area contributed by atoms with Crippen LogP contribution in [-0.4, -0.2) is 60.8 Å². The molecule has 2 amide bonds. The van der Waals surface area contributed by atoms with Crippen LogP contribution in [0, 0.1) is 5.92 Å². The van der Waals surface area contributed by atoms with Gasteiger partial charge in [-0.25, -0.2) is 4.79 Å². The zero-order valence-corrected chi connectivity index (χ0v) is 19.9. The Morgan fingerprint density at radius 3 is 2.53 bits per heavy atom. The molecule has 0 saturated carbocycles. The predicted octanol–water partition coefficient (Wildman–Crippen LogP) is 2.55. The summed E-state index contributed by atoms with van der Waals surface area (Å²) in [5.41, 5.74) is 1.94. The molecule has 34 heavy (non-hydrogen) atoms.